The first-order valence-corrected chi connectivity index (χ1v) is 11.2. The lowest BCUT2D eigenvalue weighted by Crippen LogP contribution is -2.48. The Morgan fingerprint density at radius 3 is 2.56 bits per heavy atom. The van der Waals surface area contributed by atoms with Gasteiger partial charge in [0.25, 0.3) is 0 Å². The van der Waals surface area contributed by atoms with E-state index in [1.165, 1.54) is 5.56 Å². The number of nitrogens with two attached hydrogens (primary N) is 1. The van der Waals surface area contributed by atoms with Crippen LogP contribution in [0.2, 0.25) is 0 Å². The van der Waals surface area contributed by atoms with E-state index in [9.17, 15) is 13.2 Å². The summed E-state index contributed by atoms with van der Waals surface area (Å²) >= 11 is 0. The van der Waals surface area contributed by atoms with E-state index in [-0.39, 0.29) is 36.6 Å². The van der Waals surface area contributed by atoms with Gasteiger partial charge in [-0.05, 0) is 38.2 Å². The first kappa shape index (κ1) is 23.9. The van der Waals surface area contributed by atoms with Gasteiger partial charge in [-0.25, -0.2) is 8.42 Å². The van der Waals surface area contributed by atoms with Gasteiger partial charge in [0, 0.05) is 26.0 Å². The van der Waals surface area contributed by atoms with Crippen LogP contribution in [-0.2, 0) is 25.8 Å². The fraction of sp³-hybridized carbons (Fsp3) is 0.632. The van der Waals surface area contributed by atoms with E-state index in [1.807, 2.05) is 6.92 Å². The number of hydrogen-bond donors (Lipinski definition) is 1. The van der Waals surface area contributed by atoms with E-state index in [0.717, 1.165) is 37.7 Å². The number of sulfone groups is 1. The average molecular weight is 419 g/mol. The molecular weight excluding hydrogens is 388 g/mol. The van der Waals surface area contributed by atoms with Crippen molar-refractivity contribution in [3.63, 3.8) is 0 Å². The number of ether oxygens (including phenoxy) is 1. The number of rotatable bonds is 9. The molecule has 1 aliphatic heterocycles. The lowest BCUT2D eigenvalue weighted by atomic mass is 10.1. The second-order valence-corrected chi connectivity index (χ2v) is 9.44. The second-order valence-electron chi connectivity index (χ2n) is 7.18. The van der Waals surface area contributed by atoms with Crippen molar-refractivity contribution in [3.05, 3.63) is 35.4 Å². The largest absolute Gasteiger partial charge is 0.376 e. The Labute approximate surface area is 168 Å². The zero-order chi connectivity index (χ0) is 19.2. The van der Waals surface area contributed by atoms with Crippen LogP contribution in [0.1, 0.15) is 30.4 Å². The molecule has 2 rings (SSSR count). The number of aryl methyl sites for hydroxylation is 1. The van der Waals surface area contributed by atoms with E-state index in [1.54, 1.807) is 4.90 Å². The summed E-state index contributed by atoms with van der Waals surface area (Å²) in [5.74, 6) is -0.276. The maximum atomic E-state index is 12.8. The molecule has 1 aromatic carbocycles. The van der Waals surface area contributed by atoms with Crippen LogP contribution in [0, 0.1) is 6.92 Å². The van der Waals surface area contributed by atoms with Crippen LogP contribution in [-0.4, -0.2) is 63.1 Å². The van der Waals surface area contributed by atoms with Gasteiger partial charge >= 0.3 is 0 Å². The smallest absolute Gasteiger partial charge is 0.239 e. The molecule has 1 heterocycles. The summed E-state index contributed by atoms with van der Waals surface area (Å²) in [6.07, 6.45) is 4.02. The molecule has 154 valence electrons. The second kappa shape index (κ2) is 11.0. The summed E-state index contributed by atoms with van der Waals surface area (Å²) < 4.78 is 28.4. The summed E-state index contributed by atoms with van der Waals surface area (Å²) in [7, 11) is -3.14. The molecule has 0 aliphatic carbocycles. The van der Waals surface area contributed by atoms with Crippen LogP contribution >= 0.6 is 12.4 Å². The molecule has 1 fully saturated rings. The molecule has 8 heteroatoms. The Kier molecular flexibility index (Phi) is 9.73. The lowest BCUT2D eigenvalue weighted by Gasteiger charge is -2.28. The topological polar surface area (TPSA) is 89.7 Å². The third-order valence-electron chi connectivity index (χ3n) is 4.67. The van der Waals surface area contributed by atoms with E-state index < -0.39 is 15.9 Å². The van der Waals surface area contributed by atoms with Gasteiger partial charge < -0.3 is 15.4 Å². The maximum absolute atomic E-state index is 12.8. The first-order chi connectivity index (χ1) is 12.2. The molecular formula is C19H31ClN2O4S. The van der Waals surface area contributed by atoms with Gasteiger partial charge in [0.05, 0.1) is 17.9 Å². The molecule has 2 N–H and O–H groups in total. The Bertz CT molecular complexity index is 688. The molecule has 1 saturated heterocycles. The van der Waals surface area contributed by atoms with Crippen LogP contribution in [0.25, 0.3) is 0 Å². The highest BCUT2D eigenvalue weighted by Gasteiger charge is 2.26. The number of benzene rings is 1. The number of carbonyl (C=O) groups excluding carboxylic acids is 1. The molecule has 2 atom stereocenters. The van der Waals surface area contributed by atoms with Gasteiger partial charge in [-0.15, -0.1) is 12.4 Å². The van der Waals surface area contributed by atoms with Crippen molar-refractivity contribution in [2.75, 3.05) is 31.7 Å². The van der Waals surface area contributed by atoms with Gasteiger partial charge in [-0.2, -0.15) is 0 Å². The molecule has 0 bridgehead atoms. The molecule has 6 nitrogen and oxygen atoms in total. The maximum Gasteiger partial charge on any atom is 0.239 e. The average Bonchev–Trinajstić information content (AvgIpc) is 3.09. The van der Waals surface area contributed by atoms with Crippen LogP contribution in [0.5, 0.6) is 0 Å². The van der Waals surface area contributed by atoms with Gasteiger partial charge in [-0.3, -0.25) is 4.79 Å². The Morgan fingerprint density at radius 2 is 2.00 bits per heavy atom. The minimum atomic E-state index is -3.14. The van der Waals surface area contributed by atoms with Crippen molar-refractivity contribution in [2.24, 2.45) is 5.73 Å². The Morgan fingerprint density at radius 1 is 1.33 bits per heavy atom. The molecule has 27 heavy (non-hydrogen) atoms. The van der Waals surface area contributed by atoms with Gasteiger partial charge in [-0.1, -0.05) is 29.8 Å². The fourth-order valence-corrected chi connectivity index (χ4v) is 3.73. The summed E-state index contributed by atoms with van der Waals surface area (Å²) in [6, 6.07) is 7.43. The summed E-state index contributed by atoms with van der Waals surface area (Å²) in [5, 5.41) is 0. The Hall–Kier alpha value is -1.15. The first-order valence-electron chi connectivity index (χ1n) is 9.14. The summed E-state index contributed by atoms with van der Waals surface area (Å²) in [5.41, 5.74) is 8.35. The molecule has 0 aromatic heterocycles. The monoisotopic (exact) mass is 418 g/mol. The minimum absolute atomic E-state index is 0. The van der Waals surface area contributed by atoms with Crippen molar-refractivity contribution in [2.45, 2.75) is 44.8 Å². The molecule has 2 unspecified atom stereocenters. The zero-order valence-electron chi connectivity index (χ0n) is 16.1. The van der Waals surface area contributed by atoms with Crippen molar-refractivity contribution < 1.29 is 17.9 Å². The standard InChI is InChI=1S/C19H30N2O4S.ClH/c1-15-5-7-16(8-6-15)9-11-21(14-17-4-3-12-25-17)19(22)18(20)10-13-26(2,23)24;/h5-8,17-18H,3-4,9-14,20H2,1-2H3;1H. The van der Waals surface area contributed by atoms with Crippen molar-refractivity contribution >= 4 is 28.2 Å². The highest BCUT2D eigenvalue weighted by atomic mass is 35.5. The summed E-state index contributed by atoms with van der Waals surface area (Å²) in [6.45, 7) is 3.83. The fourth-order valence-electron chi connectivity index (χ4n) is 3.04. The van der Waals surface area contributed by atoms with E-state index in [0.29, 0.717) is 13.1 Å². The predicted molar refractivity (Wildman–Crippen MR) is 110 cm³/mol. The van der Waals surface area contributed by atoms with E-state index >= 15 is 0 Å². The van der Waals surface area contributed by atoms with Gasteiger partial charge in [0.1, 0.15) is 9.84 Å². The number of carbonyl (C=O) groups is 1. The van der Waals surface area contributed by atoms with Crippen LogP contribution in [0.4, 0.5) is 0 Å². The molecule has 1 aliphatic rings. The predicted octanol–water partition coefficient (Wildman–Crippen LogP) is 1.73. The SMILES string of the molecule is Cc1ccc(CCN(CC2CCCO2)C(=O)C(N)CCS(C)(=O)=O)cc1.Cl. The molecule has 1 aromatic rings. The molecule has 0 saturated carbocycles. The summed E-state index contributed by atoms with van der Waals surface area (Å²) in [4.78, 5) is 14.5. The quantitative estimate of drug-likeness (QED) is 0.659. The third-order valence-corrected chi connectivity index (χ3v) is 5.64. The highest BCUT2D eigenvalue weighted by molar-refractivity contribution is 7.90. The number of nitrogens with zero attached hydrogens (tertiary/aromatic N) is 1. The van der Waals surface area contributed by atoms with Crippen molar-refractivity contribution in [3.8, 4) is 0 Å². The Balaban J connectivity index is 0.00000364. The van der Waals surface area contributed by atoms with Crippen LogP contribution in [0.15, 0.2) is 24.3 Å². The number of amides is 1. The van der Waals surface area contributed by atoms with Crippen LogP contribution in [0.3, 0.4) is 0 Å². The van der Waals surface area contributed by atoms with Crippen LogP contribution < -0.4 is 5.73 Å². The van der Waals surface area contributed by atoms with Crippen molar-refractivity contribution in [1.82, 2.24) is 4.90 Å². The zero-order valence-corrected chi connectivity index (χ0v) is 17.7. The molecule has 0 spiro atoms. The highest BCUT2D eigenvalue weighted by Crippen LogP contribution is 2.15. The minimum Gasteiger partial charge on any atom is -0.376 e. The normalized spacial score (nSPS) is 18.0. The third kappa shape index (κ3) is 8.60. The lowest BCUT2D eigenvalue weighted by molar-refractivity contribution is -0.134. The van der Waals surface area contributed by atoms with Gasteiger partial charge in [0.15, 0.2) is 0 Å². The number of hydrogen-bond acceptors (Lipinski definition) is 5. The molecule has 1 amide bonds. The van der Waals surface area contributed by atoms with E-state index in [2.05, 4.69) is 24.3 Å². The van der Waals surface area contributed by atoms with Gasteiger partial charge in [0.2, 0.25) is 5.91 Å². The van der Waals surface area contributed by atoms with E-state index in [4.69, 9.17) is 10.5 Å². The molecule has 0 radical (unpaired) electrons. The number of halogens is 1. The van der Waals surface area contributed by atoms with Crippen molar-refractivity contribution in [1.29, 1.82) is 0 Å².